The highest BCUT2D eigenvalue weighted by Gasteiger charge is 2.16. The van der Waals surface area contributed by atoms with Crippen LogP contribution in [-0.4, -0.2) is 14.3 Å². The molecular weight excluding hydrogens is 312 g/mol. The maximum atomic E-state index is 12.0. The minimum Gasteiger partial charge on any atom is -0.348 e. The Morgan fingerprint density at radius 2 is 1.81 bits per heavy atom. The summed E-state index contributed by atoms with van der Waals surface area (Å²) in [5.74, 6) is -0.402. The van der Waals surface area contributed by atoms with E-state index in [1.54, 1.807) is 0 Å². The lowest BCUT2D eigenvalue weighted by molar-refractivity contribution is 0.0950. The average Bonchev–Trinajstić information content (AvgIpc) is 2.45. The van der Waals surface area contributed by atoms with Crippen molar-refractivity contribution < 1.29 is 13.2 Å². The first-order valence-corrected chi connectivity index (χ1v) is 7.95. The predicted octanol–water partition coefficient (Wildman–Crippen LogP) is 1.92. The summed E-state index contributed by atoms with van der Waals surface area (Å²) >= 11 is 5.77. The van der Waals surface area contributed by atoms with Crippen molar-refractivity contribution in [2.24, 2.45) is 5.14 Å². The van der Waals surface area contributed by atoms with E-state index < -0.39 is 15.9 Å². The molecule has 0 heterocycles. The van der Waals surface area contributed by atoms with Crippen LogP contribution in [0.25, 0.3) is 0 Å². The molecule has 0 aliphatic carbocycles. The second kappa shape index (κ2) is 6.26. The minimum atomic E-state index is -3.97. The zero-order valence-corrected chi connectivity index (χ0v) is 12.5. The van der Waals surface area contributed by atoms with Gasteiger partial charge in [-0.15, -0.1) is 0 Å². The fourth-order valence-electron chi connectivity index (χ4n) is 1.74. The van der Waals surface area contributed by atoms with Crippen molar-refractivity contribution in [3.63, 3.8) is 0 Å². The molecule has 110 valence electrons. The van der Waals surface area contributed by atoms with Gasteiger partial charge in [0.2, 0.25) is 10.0 Å². The van der Waals surface area contributed by atoms with Crippen LogP contribution in [0.15, 0.2) is 53.4 Å². The number of nitrogens with one attached hydrogen (secondary N) is 1. The summed E-state index contributed by atoms with van der Waals surface area (Å²) in [5, 5.41) is 7.73. The highest BCUT2D eigenvalue weighted by Crippen LogP contribution is 2.21. The van der Waals surface area contributed by atoms with Crippen LogP contribution in [-0.2, 0) is 16.6 Å². The molecule has 21 heavy (non-hydrogen) atoms. The van der Waals surface area contributed by atoms with Crippen LogP contribution in [0, 0.1) is 0 Å². The highest BCUT2D eigenvalue weighted by molar-refractivity contribution is 7.89. The Morgan fingerprint density at radius 1 is 1.14 bits per heavy atom. The molecule has 0 atom stereocenters. The first kappa shape index (κ1) is 15.5. The molecule has 2 aromatic carbocycles. The second-order valence-corrected chi connectivity index (χ2v) is 6.30. The van der Waals surface area contributed by atoms with E-state index >= 15 is 0 Å². The normalized spacial score (nSPS) is 11.1. The monoisotopic (exact) mass is 324 g/mol. The van der Waals surface area contributed by atoms with E-state index in [0.717, 1.165) is 11.6 Å². The number of hydrogen-bond acceptors (Lipinski definition) is 3. The van der Waals surface area contributed by atoms with Gasteiger partial charge in [0.25, 0.3) is 5.91 Å². The molecule has 0 aliphatic rings. The van der Waals surface area contributed by atoms with Crippen molar-refractivity contribution >= 4 is 27.5 Å². The SMILES string of the molecule is NS(=O)(=O)c1cc(C(=O)NCc2ccccc2)ccc1Cl. The third-order valence-corrected chi connectivity index (χ3v) is 4.19. The Hall–Kier alpha value is -1.89. The number of nitrogens with two attached hydrogens (primary N) is 1. The lowest BCUT2D eigenvalue weighted by Crippen LogP contribution is -2.23. The van der Waals surface area contributed by atoms with Crippen LogP contribution >= 0.6 is 11.6 Å². The van der Waals surface area contributed by atoms with Gasteiger partial charge in [-0.1, -0.05) is 41.9 Å². The standard InChI is InChI=1S/C14H13ClN2O3S/c15-12-7-6-11(8-13(12)21(16,19)20)14(18)17-9-10-4-2-1-3-5-10/h1-8H,9H2,(H,17,18)(H2,16,19,20). The summed E-state index contributed by atoms with van der Waals surface area (Å²) in [6, 6.07) is 13.3. The molecule has 0 aromatic heterocycles. The summed E-state index contributed by atoms with van der Waals surface area (Å²) in [5.41, 5.74) is 1.12. The molecule has 3 N–H and O–H groups in total. The zero-order chi connectivity index (χ0) is 15.5. The lowest BCUT2D eigenvalue weighted by Gasteiger charge is -2.07. The molecule has 0 saturated heterocycles. The molecule has 7 heteroatoms. The van der Waals surface area contributed by atoms with Gasteiger partial charge in [0.15, 0.2) is 0 Å². The van der Waals surface area contributed by atoms with E-state index in [4.69, 9.17) is 16.7 Å². The van der Waals surface area contributed by atoms with E-state index in [9.17, 15) is 13.2 Å². The van der Waals surface area contributed by atoms with Crippen LogP contribution < -0.4 is 10.5 Å². The molecule has 0 aliphatic heterocycles. The van der Waals surface area contributed by atoms with Crippen LogP contribution in [0.5, 0.6) is 0 Å². The van der Waals surface area contributed by atoms with E-state index in [2.05, 4.69) is 5.32 Å². The smallest absolute Gasteiger partial charge is 0.251 e. The number of carbonyl (C=O) groups excluding carboxylic acids is 1. The Bertz CT molecular complexity index is 761. The van der Waals surface area contributed by atoms with Gasteiger partial charge in [-0.25, -0.2) is 13.6 Å². The van der Waals surface area contributed by atoms with Gasteiger partial charge < -0.3 is 5.32 Å². The summed E-state index contributed by atoms with van der Waals surface area (Å²) in [6.07, 6.45) is 0. The topological polar surface area (TPSA) is 89.3 Å². The fourth-order valence-corrected chi connectivity index (χ4v) is 2.81. The quantitative estimate of drug-likeness (QED) is 0.900. The first-order valence-electron chi connectivity index (χ1n) is 6.02. The molecule has 0 radical (unpaired) electrons. The maximum Gasteiger partial charge on any atom is 0.251 e. The molecule has 1 amide bonds. The van der Waals surface area contributed by atoms with Gasteiger partial charge in [-0.2, -0.15) is 0 Å². The van der Waals surface area contributed by atoms with E-state index in [-0.39, 0.29) is 15.5 Å². The largest absolute Gasteiger partial charge is 0.348 e. The van der Waals surface area contributed by atoms with Gasteiger partial charge in [0.05, 0.1) is 5.02 Å². The first-order chi connectivity index (χ1) is 9.88. The molecule has 2 aromatic rings. The van der Waals surface area contributed by atoms with Crippen molar-refractivity contribution in [2.75, 3.05) is 0 Å². The van der Waals surface area contributed by atoms with Gasteiger partial charge in [-0.3, -0.25) is 4.79 Å². The number of benzene rings is 2. The van der Waals surface area contributed by atoms with Gasteiger partial charge in [-0.05, 0) is 23.8 Å². The minimum absolute atomic E-state index is 0.0166. The average molecular weight is 325 g/mol. The molecule has 2 rings (SSSR count). The highest BCUT2D eigenvalue weighted by atomic mass is 35.5. The Labute approximate surface area is 127 Å². The molecule has 0 saturated carbocycles. The van der Waals surface area contributed by atoms with Crippen molar-refractivity contribution in [1.29, 1.82) is 0 Å². The number of rotatable bonds is 4. The maximum absolute atomic E-state index is 12.0. The third-order valence-electron chi connectivity index (χ3n) is 2.80. The summed E-state index contributed by atoms with van der Waals surface area (Å²) < 4.78 is 22.7. The summed E-state index contributed by atoms with van der Waals surface area (Å²) in [6.45, 7) is 0.340. The number of carbonyl (C=O) groups is 1. The molecule has 0 fully saturated rings. The van der Waals surface area contributed by atoms with E-state index in [0.29, 0.717) is 6.54 Å². The Kier molecular flexibility index (Phi) is 4.62. The van der Waals surface area contributed by atoms with Crippen molar-refractivity contribution in [3.8, 4) is 0 Å². The van der Waals surface area contributed by atoms with Gasteiger partial charge in [0.1, 0.15) is 4.90 Å². The van der Waals surface area contributed by atoms with Crippen molar-refractivity contribution in [3.05, 3.63) is 64.7 Å². The number of sulfonamides is 1. The molecule has 5 nitrogen and oxygen atoms in total. The van der Waals surface area contributed by atoms with Crippen molar-refractivity contribution in [1.82, 2.24) is 5.32 Å². The number of halogens is 1. The lowest BCUT2D eigenvalue weighted by atomic mass is 10.2. The van der Waals surface area contributed by atoms with Crippen LogP contribution in [0.1, 0.15) is 15.9 Å². The number of primary sulfonamides is 1. The molecule has 0 unspecified atom stereocenters. The van der Waals surface area contributed by atoms with Crippen LogP contribution in [0.4, 0.5) is 0 Å². The third kappa shape index (κ3) is 4.04. The van der Waals surface area contributed by atoms with Crippen LogP contribution in [0.3, 0.4) is 0 Å². The van der Waals surface area contributed by atoms with E-state index in [1.165, 1.54) is 12.1 Å². The van der Waals surface area contributed by atoms with Crippen LogP contribution in [0.2, 0.25) is 5.02 Å². The number of hydrogen-bond donors (Lipinski definition) is 2. The molecular formula is C14H13ClN2O3S. The summed E-state index contributed by atoms with van der Waals surface area (Å²) in [7, 11) is -3.97. The number of amides is 1. The van der Waals surface area contributed by atoms with E-state index in [1.807, 2.05) is 30.3 Å². The molecule has 0 spiro atoms. The fraction of sp³-hybridized carbons (Fsp3) is 0.0714. The Morgan fingerprint density at radius 3 is 2.43 bits per heavy atom. The van der Waals surface area contributed by atoms with Gasteiger partial charge in [0, 0.05) is 12.1 Å². The Balaban J connectivity index is 2.17. The van der Waals surface area contributed by atoms with Gasteiger partial charge >= 0.3 is 0 Å². The second-order valence-electron chi connectivity index (χ2n) is 4.36. The van der Waals surface area contributed by atoms with Crippen molar-refractivity contribution in [2.45, 2.75) is 11.4 Å². The predicted molar refractivity (Wildman–Crippen MR) is 80.4 cm³/mol. The zero-order valence-electron chi connectivity index (χ0n) is 10.9. The summed E-state index contributed by atoms with van der Waals surface area (Å²) in [4.78, 5) is 11.8. The molecule has 0 bridgehead atoms.